The predicted octanol–water partition coefficient (Wildman–Crippen LogP) is 1.97. The van der Waals surface area contributed by atoms with Crippen LogP contribution >= 0.6 is 23.2 Å². The fraction of sp³-hybridized carbons (Fsp3) is 0.357. The first kappa shape index (κ1) is 19.2. The molecule has 1 fully saturated rings. The van der Waals surface area contributed by atoms with E-state index in [0.717, 1.165) is 18.5 Å². The summed E-state index contributed by atoms with van der Waals surface area (Å²) in [6.07, 6.45) is 0.735. The highest BCUT2D eigenvalue weighted by atomic mass is 35.5. The van der Waals surface area contributed by atoms with E-state index >= 15 is 0 Å². The lowest BCUT2D eigenvalue weighted by Gasteiger charge is -2.20. The van der Waals surface area contributed by atoms with Crippen molar-refractivity contribution in [1.82, 2.24) is 5.32 Å². The summed E-state index contributed by atoms with van der Waals surface area (Å²) in [4.78, 5) is 29.9. The number of nitrogens with one attached hydrogen (secondary N) is 1. The summed E-state index contributed by atoms with van der Waals surface area (Å²) >= 11 is 12.3. The first-order valence-corrected chi connectivity index (χ1v) is 7.26. The quantitative estimate of drug-likeness (QED) is 0.543. The number of hydrogen-bond donors (Lipinski definition) is 3. The van der Waals surface area contributed by atoms with Crippen LogP contribution in [0.25, 0.3) is 0 Å². The van der Waals surface area contributed by atoms with Gasteiger partial charge in [0.25, 0.3) is 0 Å². The van der Waals surface area contributed by atoms with Crippen molar-refractivity contribution in [1.29, 1.82) is 0 Å². The van der Waals surface area contributed by atoms with E-state index in [0.29, 0.717) is 10.0 Å². The molecule has 0 aromatic heterocycles. The second kappa shape index (κ2) is 8.71. The molecule has 0 spiro atoms. The molecule has 1 aromatic carbocycles. The van der Waals surface area contributed by atoms with Crippen molar-refractivity contribution in [3.05, 3.63) is 33.8 Å². The third kappa shape index (κ3) is 5.09. The lowest BCUT2D eigenvalue weighted by atomic mass is 9.94. The molecular formula is C14H15Cl2NO6. The van der Waals surface area contributed by atoms with Gasteiger partial charge < -0.3 is 20.3 Å². The van der Waals surface area contributed by atoms with Crippen molar-refractivity contribution in [2.45, 2.75) is 12.5 Å². The van der Waals surface area contributed by atoms with Crippen LogP contribution in [0, 0.1) is 5.92 Å². The number of carbonyl (C=O) groups excluding carboxylic acids is 1. The Kier molecular flexibility index (Phi) is 7.28. The number of aliphatic carboxylic acids is 2. The van der Waals surface area contributed by atoms with E-state index in [1.54, 1.807) is 18.2 Å². The van der Waals surface area contributed by atoms with Gasteiger partial charge in [0, 0.05) is 21.7 Å². The Balaban J connectivity index is 0.000000379. The molecule has 23 heavy (non-hydrogen) atoms. The molecule has 0 aliphatic carbocycles. The summed E-state index contributed by atoms with van der Waals surface area (Å²) in [7, 11) is 1.39. The fourth-order valence-electron chi connectivity index (χ4n) is 2.22. The van der Waals surface area contributed by atoms with Gasteiger partial charge in [0.1, 0.15) is 0 Å². The SMILES string of the molecule is COC(=O)C1CCNC1c1c(Cl)cccc1Cl.O=C(O)C(=O)O. The van der Waals surface area contributed by atoms with Gasteiger partial charge in [0.15, 0.2) is 0 Å². The Morgan fingerprint density at radius 3 is 2.13 bits per heavy atom. The highest BCUT2D eigenvalue weighted by molar-refractivity contribution is 6.36. The molecule has 0 radical (unpaired) electrons. The number of esters is 1. The molecule has 2 rings (SSSR count). The van der Waals surface area contributed by atoms with Crippen LogP contribution in [0.15, 0.2) is 18.2 Å². The number of benzene rings is 1. The van der Waals surface area contributed by atoms with Crippen molar-refractivity contribution >= 4 is 41.1 Å². The number of carbonyl (C=O) groups is 3. The molecule has 2 atom stereocenters. The third-order valence-corrected chi connectivity index (χ3v) is 3.88. The maximum atomic E-state index is 11.7. The number of rotatable bonds is 2. The van der Waals surface area contributed by atoms with Gasteiger partial charge in [-0.15, -0.1) is 0 Å². The topological polar surface area (TPSA) is 113 Å². The van der Waals surface area contributed by atoms with Crippen LogP contribution < -0.4 is 5.32 Å². The largest absolute Gasteiger partial charge is 0.473 e. The lowest BCUT2D eigenvalue weighted by Crippen LogP contribution is -2.25. The van der Waals surface area contributed by atoms with Gasteiger partial charge >= 0.3 is 17.9 Å². The Morgan fingerprint density at radius 2 is 1.70 bits per heavy atom. The Morgan fingerprint density at radius 1 is 1.17 bits per heavy atom. The zero-order chi connectivity index (χ0) is 17.6. The summed E-state index contributed by atoms with van der Waals surface area (Å²) in [6.45, 7) is 0.756. The smallest absolute Gasteiger partial charge is 0.414 e. The molecule has 1 heterocycles. The van der Waals surface area contributed by atoms with Gasteiger partial charge in [-0.3, -0.25) is 4.79 Å². The minimum absolute atomic E-state index is 0.163. The molecule has 2 unspecified atom stereocenters. The second-order valence-corrected chi connectivity index (χ2v) is 5.41. The van der Waals surface area contributed by atoms with E-state index < -0.39 is 11.9 Å². The highest BCUT2D eigenvalue weighted by Gasteiger charge is 2.36. The van der Waals surface area contributed by atoms with E-state index in [4.69, 9.17) is 47.7 Å². The average Bonchev–Trinajstić information content (AvgIpc) is 2.96. The molecule has 1 saturated heterocycles. The molecule has 7 nitrogen and oxygen atoms in total. The molecule has 1 aliphatic heterocycles. The molecule has 0 amide bonds. The van der Waals surface area contributed by atoms with E-state index in [2.05, 4.69) is 5.32 Å². The minimum Gasteiger partial charge on any atom is -0.473 e. The molecular weight excluding hydrogens is 349 g/mol. The number of halogens is 2. The normalized spacial score (nSPS) is 19.4. The van der Waals surface area contributed by atoms with Crippen molar-refractivity contribution < 1.29 is 29.3 Å². The fourth-order valence-corrected chi connectivity index (χ4v) is 2.85. The van der Waals surface area contributed by atoms with Crippen LogP contribution in [0.3, 0.4) is 0 Å². The van der Waals surface area contributed by atoms with Crippen LogP contribution in [0.1, 0.15) is 18.0 Å². The molecule has 0 saturated carbocycles. The summed E-state index contributed by atoms with van der Waals surface area (Å²) < 4.78 is 4.80. The van der Waals surface area contributed by atoms with Crippen molar-refractivity contribution in [2.24, 2.45) is 5.92 Å². The van der Waals surface area contributed by atoms with Crippen LogP contribution in [0.2, 0.25) is 10.0 Å². The molecule has 3 N–H and O–H groups in total. The maximum absolute atomic E-state index is 11.7. The van der Waals surface area contributed by atoms with Gasteiger partial charge in [-0.1, -0.05) is 29.3 Å². The van der Waals surface area contributed by atoms with Crippen molar-refractivity contribution in [2.75, 3.05) is 13.7 Å². The van der Waals surface area contributed by atoms with E-state index in [-0.39, 0.29) is 17.9 Å². The minimum atomic E-state index is -1.82. The average molecular weight is 364 g/mol. The van der Waals surface area contributed by atoms with Gasteiger partial charge in [-0.25, -0.2) is 9.59 Å². The second-order valence-electron chi connectivity index (χ2n) is 4.60. The highest BCUT2D eigenvalue weighted by Crippen LogP contribution is 2.38. The van der Waals surface area contributed by atoms with E-state index in [1.165, 1.54) is 7.11 Å². The van der Waals surface area contributed by atoms with Gasteiger partial charge in [0.2, 0.25) is 0 Å². The zero-order valence-corrected chi connectivity index (χ0v) is 13.6. The first-order valence-electron chi connectivity index (χ1n) is 6.51. The molecule has 126 valence electrons. The first-order chi connectivity index (χ1) is 10.8. The van der Waals surface area contributed by atoms with Crippen molar-refractivity contribution in [3.8, 4) is 0 Å². The van der Waals surface area contributed by atoms with E-state index in [1.807, 2.05) is 0 Å². The Hall–Kier alpha value is -1.83. The monoisotopic (exact) mass is 363 g/mol. The lowest BCUT2D eigenvalue weighted by molar-refractivity contribution is -0.159. The summed E-state index contributed by atoms with van der Waals surface area (Å²) in [5.74, 6) is -4.10. The number of carboxylic acids is 2. The van der Waals surface area contributed by atoms with Gasteiger partial charge in [0.05, 0.1) is 13.0 Å². The summed E-state index contributed by atoms with van der Waals surface area (Å²) in [5, 5.41) is 19.2. The number of methoxy groups -OCH3 is 1. The zero-order valence-electron chi connectivity index (χ0n) is 12.1. The van der Waals surface area contributed by atoms with Crippen LogP contribution in [0.4, 0.5) is 0 Å². The van der Waals surface area contributed by atoms with E-state index in [9.17, 15) is 4.79 Å². The summed E-state index contributed by atoms with van der Waals surface area (Å²) in [6, 6.07) is 5.17. The molecule has 9 heteroatoms. The predicted molar refractivity (Wildman–Crippen MR) is 82.6 cm³/mol. The molecule has 1 aliphatic rings. The number of hydrogen-bond acceptors (Lipinski definition) is 5. The third-order valence-electron chi connectivity index (χ3n) is 3.22. The maximum Gasteiger partial charge on any atom is 0.414 e. The van der Waals surface area contributed by atoms with Gasteiger partial charge in [-0.2, -0.15) is 0 Å². The Labute approximate surface area is 142 Å². The van der Waals surface area contributed by atoms with Crippen molar-refractivity contribution in [3.63, 3.8) is 0 Å². The molecule has 1 aromatic rings. The van der Waals surface area contributed by atoms with Crippen LogP contribution in [-0.2, 0) is 19.1 Å². The standard InChI is InChI=1S/C12H13Cl2NO2.C2H2O4/c1-17-12(16)7-5-6-15-11(7)10-8(13)3-2-4-9(10)14;3-1(4)2(5)6/h2-4,7,11,15H,5-6H2,1H3;(H,3,4)(H,5,6). The summed E-state index contributed by atoms with van der Waals surface area (Å²) in [5.41, 5.74) is 0.781. The Bertz CT molecular complexity index is 575. The number of ether oxygens (including phenoxy) is 1. The molecule has 0 bridgehead atoms. The van der Waals surface area contributed by atoms with Gasteiger partial charge in [-0.05, 0) is 25.1 Å². The van der Waals surface area contributed by atoms with Crippen LogP contribution in [-0.4, -0.2) is 41.8 Å². The number of carboxylic acid groups (broad SMARTS) is 2. The van der Waals surface area contributed by atoms with Crippen LogP contribution in [0.5, 0.6) is 0 Å².